The minimum absolute atomic E-state index is 0.0573. The Hall–Kier alpha value is -4.10. The molecule has 0 bridgehead atoms. The molecule has 36 heavy (non-hydrogen) atoms. The molecule has 0 aliphatic heterocycles. The van der Waals surface area contributed by atoms with Gasteiger partial charge in [0.1, 0.15) is 5.75 Å². The smallest absolute Gasteiger partial charge is 0.261 e. The molecule has 184 valence electrons. The molecule has 0 heterocycles. The Kier molecular flexibility index (Phi) is 7.71. The highest BCUT2D eigenvalue weighted by Gasteiger charge is 2.20. The van der Waals surface area contributed by atoms with Crippen molar-refractivity contribution in [2.45, 2.75) is 24.2 Å². The first-order valence-electron chi connectivity index (χ1n) is 11.5. The lowest BCUT2D eigenvalue weighted by Crippen LogP contribution is -2.18. The number of nitrogens with one attached hydrogen (secondary N) is 2. The highest BCUT2D eigenvalue weighted by molar-refractivity contribution is 7.92. The van der Waals surface area contributed by atoms with Gasteiger partial charge in [-0.1, -0.05) is 66.7 Å². The number of sulfonamides is 1. The third-order valence-corrected chi connectivity index (χ3v) is 7.31. The summed E-state index contributed by atoms with van der Waals surface area (Å²) >= 11 is 0. The maximum Gasteiger partial charge on any atom is 0.261 e. The average Bonchev–Trinajstić information content (AvgIpc) is 2.89. The van der Waals surface area contributed by atoms with E-state index >= 15 is 0 Å². The molecule has 0 saturated heterocycles. The second kappa shape index (κ2) is 11.1. The van der Waals surface area contributed by atoms with Crippen LogP contribution in [0.2, 0.25) is 0 Å². The van der Waals surface area contributed by atoms with Crippen LogP contribution >= 0.6 is 0 Å². The minimum atomic E-state index is -3.86. The third-order valence-electron chi connectivity index (χ3n) is 5.93. The number of hydrogen-bond acceptors (Lipinski definition) is 4. The van der Waals surface area contributed by atoms with Gasteiger partial charge >= 0.3 is 0 Å². The van der Waals surface area contributed by atoms with E-state index in [-0.39, 0.29) is 23.1 Å². The molecule has 1 amide bonds. The molecule has 0 aliphatic rings. The Bertz CT molecular complexity index is 1380. The van der Waals surface area contributed by atoms with Crippen LogP contribution in [0.15, 0.2) is 108 Å². The van der Waals surface area contributed by atoms with E-state index in [1.54, 1.807) is 37.4 Å². The number of carbonyl (C=O) groups is 1. The van der Waals surface area contributed by atoms with E-state index < -0.39 is 10.0 Å². The number of anilines is 2. The highest BCUT2D eigenvalue weighted by Crippen LogP contribution is 2.29. The lowest BCUT2D eigenvalue weighted by atomic mass is 9.88. The topological polar surface area (TPSA) is 84.5 Å². The molecule has 2 N–H and O–H groups in total. The first-order chi connectivity index (χ1) is 17.4. The van der Waals surface area contributed by atoms with Crippen molar-refractivity contribution in [1.82, 2.24) is 0 Å². The lowest BCUT2D eigenvalue weighted by molar-refractivity contribution is -0.116. The van der Waals surface area contributed by atoms with Gasteiger partial charge in [0.05, 0.1) is 12.0 Å². The van der Waals surface area contributed by atoms with Crippen molar-refractivity contribution in [1.29, 1.82) is 0 Å². The Morgan fingerprint density at radius 2 is 1.42 bits per heavy atom. The molecule has 4 aromatic rings. The number of amides is 1. The molecular formula is C29H28N2O4S. The molecule has 0 fully saturated rings. The van der Waals surface area contributed by atoms with E-state index in [0.29, 0.717) is 17.1 Å². The summed E-state index contributed by atoms with van der Waals surface area (Å²) < 4.78 is 33.7. The number of carbonyl (C=O) groups excluding carboxylic acids is 1. The maximum atomic E-state index is 13.1. The summed E-state index contributed by atoms with van der Waals surface area (Å²) in [7, 11) is -2.31. The van der Waals surface area contributed by atoms with Gasteiger partial charge < -0.3 is 10.1 Å². The fourth-order valence-corrected chi connectivity index (χ4v) is 5.05. The van der Waals surface area contributed by atoms with Crippen LogP contribution in [0.5, 0.6) is 5.75 Å². The summed E-state index contributed by atoms with van der Waals surface area (Å²) in [5.41, 5.74) is 3.71. The summed E-state index contributed by atoms with van der Waals surface area (Å²) in [5.74, 6) is 0.299. The van der Waals surface area contributed by atoms with Crippen LogP contribution in [0.4, 0.5) is 11.4 Å². The lowest BCUT2D eigenvalue weighted by Gasteiger charge is -2.19. The molecule has 0 atom stereocenters. The van der Waals surface area contributed by atoms with Crippen LogP contribution in [0.25, 0.3) is 0 Å². The molecule has 0 unspecified atom stereocenters. The van der Waals surface area contributed by atoms with E-state index in [2.05, 4.69) is 10.0 Å². The quantitative estimate of drug-likeness (QED) is 0.297. The van der Waals surface area contributed by atoms with E-state index in [1.165, 1.54) is 12.1 Å². The van der Waals surface area contributed by atoms with Crippen molar-refractivity contribution < 1.29 is 17.9 Å². The molecule has 0 radical (unpaired) electrons. The van der Waals surface area contributed by atoms with E-state index in [4.69, 9.17) is 4.74 Å². The zero-order chi connectivity index (χ0) is 25.5. The van der Waals surface area contributed by atoms with Crippen molar-refractivity contribution in [3.63, 3.8) is 0 Å². The van der Waals surface area contributed by atoms with E-state index in [9.17, 15) is 13.2 Å². The number of hydrogen-bond donors (Lipinski definition) is 2. The van der Waals surface area contributed by atoms with Gasteiger partial charge in [0.2, 0.25) is 5.91 Å². The molecule has 0 saturated carbocycles. The first kappa shape index (κ1) is 25.0. The summed E-state index contributed by atoms with van der Waals surface area (Å²) in [6.07, 6.45) is 0.217. The number of methoxy groups -OCH3 is 1. The van der Waals surface area contributed by atoms with Crippen LogP contribution in [0, 0.1) is 6.92 Å². The molecule has 0 aliphatic carbocycles. The van der Waals surface area contributed by atoms with Crippen molar-refractivity contribution in [3.8, 4) is 5.75 Å². The number of aryl methyl sites for hydroxylation is 1. The SMILES string of the molecule is COc1ccc(NS(=O)(=O)c2ccc(C)c(NC(=O)CC(c3ccccc3)c3ccccc3)c2)cc1. The van der Waals surface area contributed by atoms with Crippen LogP contribution in [-0.4, -0.2) is 21.4 Å². The van der Waals surface area contributed by atoms with Gasteiger partial charge in [-0.2, -0.15) is 0 Å². The number of ether oxygens (including phenoxy) is 1. The van der Waals surface area contributed by atoms with Crippen molar-refractivity contribution >= 4 is 27.3 Å². The van der Waals surface area contributed by atoms with Crippen LogP contribution in [0.3, 0.4) is 0 Å². The van der Waals surface area contributed by atoms with E-state index in [0.717, 1.165) is 16.7 Å². The Labute approximate surface area is 212 Å². The second-order valence-corrected chi connectivity index (χ2v) is 10.1. The van der Waals surface area contributed by atoms with Gasteiger partial charge in [-0.05, 0) is 60.0 Å². The average molecular weight is 501 g/mol. The van der Waals surface area contributed by atoms with Crippen LogP contribution in [-0.2, 0) is 14.8 Å². The second-order valence-electron chi connectivity index (χ2n) is 8.44. The van der Waals surface area contributed by atoms with E-state index in [1.807, 2.05) is 67.6 Å². The summed E-state index contributed by atoms with van der Waals surface area (Å²) in [4.78, 5) is 13.2. The maximum absolute atomic E-state index is 13.1. The third kappa shape index (κ3) is 6.12. The van der Waals surface area contributed by atoms with Crippen LogP contribution < -0.4 is 14.8 Å². The van der Waals surface area contributed by atoms with Crippen LogP contribution in [0.1, 0.15) is 29.0 Å². The van der Waals surface area contributed by atoms with Gasteiger partial charge in [0.25, 0.3) is 10.0 Å². The normalized spacial score (nSPS) is 11.2. The highest BCUT2D eigenvalue weighted by atomic mass is 32.2. The predicted octanol–water partition coefficient (Wildman–Crippen LogP) is 5.97. The summed E-state index contributed by atoms with van der Waals surface area (Å²) in [6.45, 7) is 1.83. The van der Waals surface area contributed by atoms with Gasteiger partial charge in [-0.3, -0.25) is 9.52 Å². The predicted molar refractivity (Wildman–Crippen MR) is 143 cm³/mol. The fourth-order valence-electron chi connectivity index (χ4n) is 3.96. The minimum Gasteiger partial charge on any atom is -0.497 e. The van der Waals surface area contributed by atoms with Crippen molar-refractivity contribution in [3.05, 3.63) is 120 Å². The Morgan fingerprint density at radius 1 is 0.833 bits per heavy atom. The van der Waals surface area contributed by atoms with Crippen molar-refractivity contribution in [2.75, 3.05) is 17.1 Å². The monoisotopic (exact) mass is 500 g/mol. The van der Waals surface area contributed by atoms with Gasteiger partial charge in [0, 0.05) is 23.7 Å². The Balaban J connectivity index is 1.53. The number of rotatable bonds is 9. The number of benzene rings is 4. The summed E-state index contributed by atoms with van der Waals surface area (Å²) in [6, 6.07) is 31.0. The zero-order valence-corrected chi connectivity index (χ0v) is 21.0. The first-order valence-corrected chi connectivity index (χ1v) is 13.0. The molecule has 6 nitrogen and oxygen atoms in total. The molecular weight excluding hydrogens is 472 g/mol. The van der Waals surface area contributed by atoms with Gasteiger partial charge in [-0.15, -0.1) is 0 Å². The van der Waals surface area contributed by atoms with Gasteiger partial charge in [0.15, 0.2) is 0 Å². The van der Waals surface area contributed by atoms with Crippen molar-refractivity contribution in [2.24, 2.45) is 0 Å². The zero-order valence-electron chi connectivity index (χ0n) is 20.1. The molecule has 0 spiro atoms. The Morgan fingerprint density at radius 3 is 1.97 bits per heavy atom. The summed E-state index contributed by atoms with van der Waals surface area (Å²) in [5, 5.41) is 2.92. The molecule has 4 aromatic carbocycles. The largest absolute Gasteiger partial charge is 0.497 e. The molecule has 7 heteroatoms. The standard InChI is InChI=1S/C29H28N2O4S/c1-21-13-18-26(36(33,34)31-24-14-16-25(35-2)17-15-24)19-28(21)30-29(32)20-27(22-9-5-3-6-10-22)23-11-7-4-8-12-23/h3-19,27,31H,20H2,1-2H3,(H,30,32). The van der Waals surface area contributed by atoms with Gasteiger partial charge in [-0.25, -0.2) is 8.42 Å². The fraction of sp³-hybridized carbons (Fsp3) is 0.138. The molecule has 0 aromatic heterocycles. The molecule has 4 rings (SSSR count).